The van der Waals surface area contributed by atoms with E-state index in [0.717, 1.165) is 18.4 Å². The molecule has 132 valence electrons. The van der Waals surface area contributed by atoms with Crippen LogP contribution in [-0.4, -0.2) is 48.9 Å². The lowest BCUT2D eigenvalue weighted by Crippen LogP contribution is -2.45. The lowest BCUT2D eigenvalue weighted by molar-refractivity contribution is -0.135. The van der Waals surface area contributed by atoms with Gasteiger partial charge in [-0.05, 0) is 36.6 Å². The number of benzene rings is 1. The average Bonchev–Trinajstić information content (AvgIpc) is 3.38. The second-order valence-electron chi connectivity index (χ2n) is 6.09. The van der Waals surface area contributed by atoms with Crippen LogP contribution in [0.5, 0.6) is 11.5 Å². The fourth-order valence-corrected chi connectivity index (χ4v) is 2.88. The molecule has 0 radical (unpaired) electrons. The summed E-state index contributed by atoms with van der Waals surface area (Å²) in [5, 5.41) is 2.26. The van der Waals surface area contributed by atoms with Crippen LogP contribution in [-0.2, 0) is 14.4 Å². The minimum absolute atomic E-state index is 0.0265. The van der Waals surface area contributed by atoms with Gasteiger partial charge in [-0.3, -0.25) is 19.7 Å². The molecule has 1 atom stereocenters. The van der Waals surface area contributed by atoms with Gasteiger partial charge in [0.05, 0.1) is 20.6 Å². The molecule has 1 N–H and O–H groups in total. The first-order chi connectivity index (χ1) is 12.0. The number of rotatable bonds is 6. The van der Waals surface area contributed by atoms with E-state index in [0.29, 0.717) is 11.5 Å². The monoisotopic (exact) mass is 344 g/mol. The molecule has 1 heterocycles. The van der Waals surface area contributed by atoms with Crippen LogP contribution in [0, 0.1) is 0 Å². The average molecular weight is 344 g/mol. The van der Waals surface area contributed by atoms with Crippen molar-refractivity contribution >= 4 is 23.8 Å². The van der Waals surface area contributed by atoms with Gasteiger partial charge in [-0.15, -0.1) is 0 Å². The number of hydrogen-bond donors (Lipinski definition) is 1. The summed E-state index contributed by atoms with van der Waals surface area (Å²) in [6.45, 7) is 0. The van der Waals surface area contributed by atoms with Crippen molar-refractivity contribution in [2.24, 2.45) is 0 Å². The minimum atomic E-state index is -0.711. The molecule has 2 fully saturated rings. The predicted octanol–water partition coefficient (Wildman–Crippen LogP) is 1.12. The number of carbonyl (C=O) groups excluding carboxylic acids is 3. The Hall–Kier alpha value is -2.83. The molecular formula is C18H20N2O5. The maximum absolute atomic E-state index is 12.6. The second kappa shape index (κ2) is 6.96. The van der Waals surface area contributed by atoms with Crippen molar-refractivity contribution in [3.05, 3.63) is 29.8 Å². The third-order valence-corrected chi connectivity index (χ3v) is 4.27. The van der Waals surface area contributed by atoms with Crippen molar-refractivity contribution in [2.75, 3.05) is 14.2 Å². The van der Waals surface area contributed by atoms with Gasteiger partial charge < -0.3 is 14.4 Å². The van der Waals surface area contributed by atoms with Crippen LogP contribution in [0.1, 0.15) is 24.8 Å². The zero-order valence-corrected chi connectivity index (χ0v) is 14.2. The van der Waals surface area contributed by atoms with E-state index in [-0.39, 0.29) is 24.3 Å². The van der Waals surface area contributed by atoms with E-state index < -0.39 is 11.9 Å². The SMILES string of the molecule is COc1cc(/C=C/C(=O)N(C2CC2)[C@@H]2CC(=O)NC2=O)cc(OC)c1. The van der Waals surface area contributed by atoms with E-state index in [4.69, 9.17) is 9.47 Å². The number of hydrogen-bond acceptors (Lipinski definition) is 5. The van der Waals surface area contributed by atoms with E-state index in [1.165, 1.54) is 11.0 Å². The molecule has 0 bridgehead atoms. The summed E-state index contributed by atoms with van der Waals surface area (Å²) in [6, 6.07) is 4.61. The molecule has 0 unspecified atom stereocenters. The first-order valence-corrected chi connectivity index (χ1v) is 8.09. The lowest BCUT2D eigenvalue weighted by atomic mass is 10.1. The van der Waals surface area contributed by atoms with Crippen LogP contribution in [0.4, 0.5) is 0 Å². The first-order valence-electron chi connectivity index (χ1n) is 8.09. The van der Waals surface area contributed by atoms with Crippen LogP contribution in [0.25, 0.3) is 6.08 Å². The second-order valence-corrected chi connectivity index (χ2v) is 6.09. The zero-order chi connectivity index (χ0) is 18.0. The van der Waals surface area contributed by atoms with Crippen molar-refractivity contribution in [2.45, 2.75) is 31.3 Å². The topological polar surface area (TPSA) is 84.9 Å². The van der Waals surface area contributed by atoms with Crippen molar-refractivity contribution < 1.29 is 23.9 Å². The highest BCUT2D eigenvalue weighted by Crippen LogP contribution is 2.31. The highest BCUT2D eigenvalue weighted by molar-refractivity contribution is 6.08. The van der Waals surface area contributed by atoms with Crippen LogP contribution < -0.4 is 14.8 Å². The summed E-state index contributed by atoms with van der Waals surface area (Å²) >= 11 is 0. The van der Waals surface area contributed by atoms with Gasteiger partial charge in [0.15, 0.2) is 0 Å². The number of imide groups is 1. The summed E-state index contributed by atoms with van der Waals surface area (Å²) in [6.07, 6.45) is 4.80. The molecule has 7 heteroatoms. The third-order valence-electron chi connectivity index (χ3n) is 4.27. The molecule has 25 heavy (non-hydrogen) atoms. The Morgan fingerprint density at radius 3 is 2.28 bits per heavy atom. The quantitative estimate of drug-likeness (QED) is 0.617. The van der Waals surface area contributed by atoms with Crippen LogP contribution in [0.3, 0.4) is 0 Å². The van der Waals surface area contributed by atoms with E-state index >= 15 is 0 Å². The Labute approximate surface area is 145 Å². The van der Waals surface area contributed by atoms with Gasteiger partial charge >= 0.3 is 0 Å². The van der Waals surface area contributed by atoms with Gasteiger partial charge in [0.2, 0.25) is 17.7 Å². The normalized spacial score (nSPS) is 19.8. The molecule has 0 aromatic heterocycles. The fraction of sp³-hybridized carbons (Fsp3) is 0.389. The lowest BCUT2D eigenvalue weighted by Gasteiger charge is -2.25. The van der Waals surface area contributed by atoms with Gasteiger partial charge in [-0.2, -0.15) is 0 Å². The number of ether oxygens (including phenoxy) is 2. The van der Waals surface area contributed by atoms with E-state index in [1.54, 1.807) is 38.5 Å². The fourth-order valence-electron chi connectivity index (χ4n) is 2.88. The number of nitrogens with zero attached hydrogens (tertiary/aromatic N) is 1. The Bertz CT molecular complexity index is 717. The maximum atomic E-state index is 12.6. The van der Waals surface area contributed by atoms with Crippen molar-refractivity contribution in [1.29, 1.82) is 0 Å². The Morgan fingerprint density at radius 1 is 1.16 bits per heavy atom. The molecule has 2 aliphatic rings. The standard InChI is InChI=1S/C18H20N2O5/c1-24-13-7-11(8-14(9-13)25-2)3-6-17(22)20(12-4-5-12)15-10-16(21)19-18(15)23/h3,6-9,12,15H,4-5,10H2,1-2H3,(H,19,21,23)/b6-3+/t15-/m1/s1. The van der Waals surface area contributed by atoms with Crippen LogP contribution >= 0.6 is 0 Å². The number of nitrogens with one attached hydrogen (secondary N) is 1. The number of amides is 3. The molecule has 3 rings (SSSR count). The summed E-state index contributed by atoms with van der Waals surface area (Å²) in [5.74, 6) is 0.216. The molecule has 1 aromatic carbocycles. The number of carbonyl (C=O) groups is 3. The smallest absolute Gasteiger partial charge is 0.249 e. The molecule has 1 aromatic rings. The molecule has 1 saturated carbocycles. The molecule has 1 aliphatic carbocycles. The summed E-state index contributed by atoms with van der Waals surface area (Å²) in [7, 11) is 3.11. The van der Waals surface area contributed by atoms with Crippen molar-refractivity contribution in [3.8, 4) is 11.5 Å². The van der Waals surface area contributed by atoms with Crippen molar-refractivity contribution in [3.63, 3.8) is 0 Å². The van der Waals surface area contributed by atoms with Gasteiger partial charge in [0, 0.05) is 18.2 Å². The largest absolute Gasteiger partial charge is 0.497 e. The summed E-state index contributed by atoms with van der Waals surface area (Å²) in [5.41, 5.74) is 0.743. The molecule has 1 aliphatic heterocycles. The zero-order valence-electron chi connectivity index (χ0n) is 14.2. The van der Waals surface area contributed by atoms with Gasteiger partial charge in [0.1, 0.15) is 17.5 Å². The highest BCUT2D eigenvalue weighted by atomic mass is 16.5. The predicted molar refractivity (Wildman–Crippen MR) is 90.0 cm³/mol. The van der Waals surface area contributed by atoms with Crippen LogP contribution in [0.2, 0.25) is 0 Å². The maximum Gasteiger partial charge on any atom is 0.249 e. The van der Waals surface area contributed by atoms with E-state index in [2.05, 4.69) is 5.32 Å². The molecule has 3 amide bonds. The van der Waals surface area contributed by atoms with Crippen LogP contribution in [0.15, 0.2) is 24.3 Å². The van der Waals surface area contributed by atoms with E-state index in [9.17, 15) is 14.4 Å². The third kappa shape index (κ3) is 3.81. The van der Waals surface area contributed by atoms with E-state index in [1.807, 2.05) is 0 Å². The molecule has 7 nitrogen and oxygen atoms in total. The minimum Gasteiger partial charge on any atom is -0.497 e. The molecular weight excluding hydrogens is 324 g/mol. The van der Waals surface area contributed by atoms with Gasteiger partial charge in [-0.25, -0.2) is 0 Å². The Kier molecular flexibility index (Phi) is 4.74. The highest BCUT2D eigenvalue weighted by Gasteiger charge is 2.43. The van der Waals surface area contributed by atoms with Crippen molar-refractivity contribution in [1.82, 2.24) is 10.2 Å². The van der Waals surface area contributed by atoms with Gasteiger partial charge in [-0.1, -0.05) is 0 Å². The Balaban J connectivity index is 1.79. The molecule has 0 spiro atoms. The summed E-state index contributed by atoms with van der Waals surface area (Å²) < 4.78 is 10.4. The first kappa shape index (κ1) is 17.0. The Morgan fingerprint density at radius 2 is 1.80 bits per heavy atom. The van der Waals surface area contributed by atoms with Gasteiger partial charge in [0.25, 0.3) is 0 Å². The molecule has 1 saturated heterocycles. The number of methoxy groups -OCH3 is 2. The summed E-state index contributed by atoms with van der Waals surface area (Å²) in [4.78, 5) is 37.5.